The zero-order valence-electron chi connectivity index (χ0n) is 15.7. The van der Waals surface area contributed by atoms with Crippen LogP contribution in [0.5, 0.6) is 17.2 Å². The van der Waals surface area contributed by atoms with Gasteiger partial charge < -0.3 is 29.6 Å². The highest BCUT2D eigenvalue weighted by Gasteiger charge is 2.21. The number of fused-ring (bicyclic) bond motifs is 2. The fourth-order valence-corrected chi connectivity index (χ4v) is 3.98. The number of anilines is 2. The summed E-state index contributed by atoms with van der Waals surface area (Å²) in [4.78, 5) is 24.8. The van der Waals surface area contributed by atoms with E-state index < -0.39 is 12.0 Å². The Morgan fingerprint density at radius 1 is 1.07 bits per heavy atom. The van der Waals surface area contributed by atoms with E-state index in [2.05, 4.69) is 10.6 Å². The van der Waals surface area contributed by atoms with Gasteiger partial charge in [0.15, 0.2) is 22.1 Å². The van der Waals surface area contributed by atoms with Crippen molar-refractivity contribution in [2.75, 3.05) is 31.1 Å². The Morgan fingerprint density at radius 2 is 1.79 bits per heavy atom. The Balaban J connectivity index is 1.55. The number of hydrogen-bond acceptors (Lipinski definition) is 7. The summed E-state index contributed by atoms with van der Waals surface area (Å²) in [5, 5.41) is 6.27. The van der Waals surface area contributed by atoms with E-state index in [4.69, 9.17) is 18.9 Å². The minimum atomic E-state index is -0.454. The molecule has 4 rings (SSSR count). The average Bonchev–Trinajstić information content (AvgIpc) is 3.32. The molecule has 0 aliphatic carbocycles. The molecular weight excluding hydrogens is 396 g/mol. The lowest BCUT2D eigenvalue weighted by atomic mass is 10.2. The second kappa shape index (κ2) is 7.88. The van der Waals surface area contributed by atoms with Crippen molar-refractivity contribution in [1.82, 2.24) is 0 Å². The normalized spacial score (nSPS) is 11.9. The number of benzene rings is 2. The highest BCUT2D eigenvalue weighted by Crippen LogP contribution is 2.40. The molecule has 29 heavy (non-hydrogen) atoms. The van der Waals surface area contributed by atoms with Crippen molar-refractivity contribution in [3.8, 4) is 17.2 Å². The molecule has 0 bridgehead atoms. The van der Waals surface area contributed by atoms with Gasteiger partial charge in [-0.3, -0.25) is 0 Å². The molecule has 0 fully saturated rings. The van der Waals surface area contributed by atoms with Crippen molar-refractivity contribution in [2.24, 2.45) is 0 Å². The van der Waals surface area contributed by atoms with Crippen molar-refractivity contribution >= 4 is 44.8 Å². The Morgan fingerprint density at radius 3 is 2.55 bits per heavy atom. The zero-order chi connectivity index (χ0) is 20.4. The second-order valence-corrected chi connectivity index (χ2v) is 7.10. The maximum Gasteiger partial charge on any atom is 0.351 e. The number of hydrogen-bond donors (Lipinski definition) is 2. The van der Waals surface area contributed by atoms with Crippen LogP contribution in [0.3, 0.4) is 0 Å². The van der Waals surface area contributed by atoms with Crippen LogP contribution < -0.4 is 24.8 Å². The van der Waals surface area contributed by atoms with Crippen LogP contribution in [0.1, 0.15) is 16.6 Å². The maximum absolute atomic E-state index is 12.4. The summed E-state index contributed by atoms with van der Waals surface area (Å²) in [6, 6.07) is 10.1. The molecule has 8 nitrogen and oxygen atoms in total. The monoisotopic (exact) mass is 414 g/mol. The summed E-state index contributed by atoms with van der Waals surface area (Å²) in [5.74, 6) is 1.23. The van der Waals surface area contributed by atoms with E-state index in [0.29, 0.717) is 40.1 Å². The van der Waals surface area contributed by atoms with E-state index in [1.165, 1.54) is 18.4 Å². The first-order valence-corrected chi connectivity index (χ1v) is 9.66. The number of rotatable bonds is 5. The molecule has 2 N–H and O–H groups in total. The molecule has 1 aromatic heterocycles. The fourth-order valence-electron chi connectivity index (χ4n) is 2.94. The molecule has 0 atom stereocenters. The molecule has 0 spiro atoms. The number of methoxy groups -OCH3 is 1. The smallest absolute Gasteiger partial charge is 0.351 e. The molecule has 150 valence electrons. The molecule has 0 radical (unpaired) electrons. The number of carbonyl (C=O) groups is 2. The molecule has 3 aromatic rings. The number of thiophene rings is 1. The number of nitrogens with one attached hydrogen (secondary N) is 2. The van der Waals surface area contributed by atoms with Gasteiger partial charge in [-0.2, -0.15) is 0 Å². The van der Waals surface area contributed by atoms with Crippen molar-refractivity contribution in [3.05, 3.63) is 41.3 Å². The summed E-state index contributed by atoms with van der Waals surface area (Å²) in [7, 11) is 1.33. The first kappa shape index (κ1) is 18.9. The fraction of sp³-hybridized carbons (Fsp3) is 0.200. The van der Waals surface area contributed by atoms with E-state index in [0.717, 1.165) is 10.1 Å². The van der Waals surface area contributed by atoms with Crippen molar-refractivity contribution in [3.63, 3.8) is 0 Å². The highest BCUT2D eigenvalue weighted by molar-refractivity contribution is 7.21. The molecule has 0 saturated carbocycles. The van der Waals surface area contributed by atoms with Crippen molar-refractivity contribution in [1.29, 1.82) is 0 Å². The largest absolute Gasteiger partial charge is 0.491 e. The Bertz CT molecular complexity index is 1090. The van der Waals surface area contributed by atoms with Gasteiger partial charge >= 0.3 is 12.0 Å². The van der Waals surface area contributed by atoms with Crippen LogP contribution >= 0.6 is 11.3 Å². The molecule has 2 amide bonds. The van der Waals surface area contributed by atoms with Gasteiger partial charge in [0.1, 0.15) is 0 Å². The molecule has 0 unspecified atom stereocenters. The SMILES string of the molecule is CCOc1c(C(=O)OC)sc2ccc(NC(=O)Nc3ccc4c(c3)OCO4)cc12. The van der Waals surface area contributed by atoms with Crippen LogP contribution in [0, 0.1) is 0 Å². The number of urea groups is 1. The van der Waals surface area contributed by atoms with Gasteiger partial charge in [0.25, 0.3) is 0 Å². The third-order valence-corrected chi connectivity index (χ3v) is 5.32. The van der Waals surface area contributed by atoms with Crippen LogP contribution in [0.2, 0.25) is 0 Å². The summed E-state index contributed by atoms with van der Waals surface area (Å²) in [6.07, 6.45) is 0. The Hall–Kier alpha value is -3.46. The summed E-state index contributed by atoms with van der Waals surface area (Å²) in [5.41, 5.74) is 1.14. The van der Waals surface area contributed by atoms with Gasteiger partial charge in [-0.05, 0) is 37.3 Å². The molecule has 1 aliphatic heterocycles. The minimum absolute atomic E-state index is 0.168. The molecule has 9 heteroatoms. The van der Waals surface area contributed by atoms with E-state index in [-0.39, 0.29) is 6.79 Å². The number of carbonyl (C=O) groups excluding carboxylic acids is 2. The van der Waals surface area contributed by atoms with Gasteiger partial charge in [-0.25, -0.2) is 9.59 Å². The number of amides is 2. The van der Waals surface area contributed by atoms with E-state index >= 15 is 0 Å². The number of ether oxygens (including phenoxy) is 4. The molecule has 2 aromatic carbocycles. The minimum Gasteiger partial charge on any atom is -0.491 e. The van der Waals surface area contributed by atoms with Gasteiger partial charge in [0.05, 0.1) is 13.7 Å². The molecule has 2 heterocycles. The third kappa shape index (κ3) is 3.77. The van der Waals surface area contributed by atoms with Crippen molar-refractivity contribution < 1.29 is 28.5 Å². The molecule has 1 aliphatic rings. The number of esters is 1. The predicted molar refractivity (Wildman–Crippen MR) is 110 cm³/mol. The highest BCUT2D eigenvalue weighted by atomic mass is 32.1. The quantitative estimate of drug-likeness (QED) is 0.599. The average molecular weight is 414 g/mol. The molecular formula is C20H18N2O6S. The van der Waals surface area contributed by atoms with Crippen LogP contribution in [0.25, 0.3) is 10.1 Å². The standard InChI is InChI=1S/C20H18N2O6S/c1-3-26-17-13-8-11(5-7-16(13)29-18(17)19(23)25-2)21-20(24)22-12-4-6-14-15(9-12)28-10-27-14/h4-9H,3,10H2,1-2H3,(H2,21,22,24). The van der Waals surface area contributed by atoms with Crippen LogP contribution in [-0.4, -0.2) is 32.5 Å². The Kier molecular flexibility index (Phi) is 5.13. The predicted octanol–water partition coefficient (Wildman–Crippen LogP) is 4.46. The van der Waals surface area contributed by atoms with Gasteiger partial charge in [0.2, 0.25) is 6.79 Å². The second-order valence-electron chi connectivity index (χ2n) is 6.04. The van der Waals surface area contributed by atoms with Crippen LogP contribution in [0.15, 0.2) is 36.4 Å². The van der Waals surface area contributed by atoms with E-state index in [9.17, 15) is 9.59 Å². The topological polar surface area (TPSA) is 95.1 Å². The first-order valence-electron chi connectivity index (χ1n) is 8.84. The van der Waals surface area contributed by atoms with E-state index in [1.807, 2.05) is 13.0 Å². The summed E-state index contributed by atoms with van der Waals surface area (Å²) in [6.45, 7) is 2.41. The lowest BCUT2D eigenvalue weighted by Gasteiger charge is -2.09. The summed E-state index contributed by atoms with van der Waals surface area (Å²) < 4.78 is 21.9. The third-order valence-electron chi connectivity index (χ3n) is 4.19. The van der Waals surface area contributed by atoms with Crippen LogP contribution in [-0.2, 0) is 4.74 Å². The molecule has 0 saturated heterocycles. The van der Waals surface area contributed by atoms with Gasteiger partial charge in [-0.1, -0.05) is 0 Å². The lowest BCUT2D eigenvalue weighted by Crippen LogP contribution is -2.19. The lowest BCUT2D eigenvalue weighted by molar-refractivity contribution is 0.0602. The van der Waals surface area contributed by atoms with E-state index in [1.54, 1.807) is 30.3 Å². The first-order chi connectivity index (χ1) is 14.1. The summed E-state index contributed by atoms with van der Waals surface area (Å²) >= 11 is 1.28. The zero-order valence-corrected chi connectivity index (χ0v) is 16.6. The van der Waals surface area contributed by atoms with Crippen molar-refractivity contribution in [2.45, 2.75) is 6.92 Å². The Labute approximate surface area is 170 Å². The maximum atomic E-state index is 12.4. The van der Waals surface area contributed by atoms with Gasteiger partial charge in [0, 0.05) is 27.5 Å². The van der Waals surface area contributed by atoms with Gasteiger partial charge in [-0.15, -0.1) is 11.3 Å². The van der Waals surface area contributed by atoms with Crippen LogP contribution in [0.4, 0.5) is 16.2 Å².